The van der Waals surface area contributed by atoms with Crippen LogP contribution in [0.1, 0.15) is 39.4 Å². The molecule has 0 bridgehead atoms. The summed E-state index contributed by atoms with van der Waals surface area (Å²) >= 11 is 0. The van der Waals surface area contributed by atoms with Gasteiger partial charge in [-0.05, 0) is 60.9 Å². The van der Waals surface area contributed by atoms with Gasteiger partial charge in [-0.3, -0.25) is 9.59 Å². The van der Waals surface area contributed by atoms with Crippen LogP contribution in [0.2, 0.25) is 0 Å². The third-order valence-electron chi connectivity index (χ3n) is 7.03. The van der Waals surface area contributed by atoms with Crippen molar-refractivity contribution in [2.75, 3.05) is 18.9 Å². The zero-order valence-electron chi connectivity index (χ0n) is 22.4. The maximum absolute atomic E-state index is 13.6. The van der Waals surface area contributed by atoms with Crippen LogP contribution in [0.3, 0.4) is 0 Å². The number of carbonyl (C=O) groups is 2. The smallest absolute Gasteiger partial charge is 0.405 e. The van der Waals surface area contributed by atoms with Gasteiger partial charge in [-0.25, -0.2) is 4.39 Å². The van der Waals surface area contributed by atoms with Gasteiger partial charge in [0.15, 0.2) is 5.82 Å². The van der Waals surface area contributed by atoms with E-state index in [0.29, 0.717) is 29.8 Å². The van der Waals surface area contributed by atoms with Gasteiger partial charge in [0.1, 0.15) is 29.5 Å². The first-order chi connectivity index (χ1) is 20.6. The Hall–Kier alpha value is -5.27. The van der Waals surface area contributed by atoms with Crippen molar-refractivity contribution in [3.05, 3.63) is 83.8 Å². The quantitative estimate of drug-likeness (QED) is 0.202. The van der Waals surface area contributed by atoms with Crippen molar-refractivity contribution in [1.82, 2.24) is 25.8 Å². The summed E-state index contributed by atoms with van der Waals surface area (Å²) in [6.45, 7) is -1.40. The number of amides is 2. The van der Waals surface area contributed by atoms with Gasteiger partial charge in [0, 0.05) is 23.7 Å². The molecule has 0 radical (unpaired) electrons. The van der Waals surface area contributed by atoms with Gasteiger partial charge in [-0.15, -0.1) is 0 Å². The first kappa shape index (κ1) is 27.9. The van der Waals surface area contributed by atoms with Crippen LogP contribution < -0.4 is 16.0 Å². The van der Waals surface area contributed by atoms with Gasteiger partial charge in [0.05, 0.1) is 10.9 Å². The summed E-state index contributed by atoms with van der Waals surface area (Å²) in [5, 5.41) is 11.8. The summed E-state index contributed by atoms with van der Waals surface area (Å²) in [5.74, 6) is -1.28. The third-order valence-corrected chi connectivity index (χ3v) is 7.03. The molecule has 1 saturated carbocycles. The molecule has 0 saturated heterocycles. The fraction of sp³-hybridized carbons (Fsp3) is 0.207. The lowest BCUT2D eigenvalue weighted by Crippen LogP contribution is -2.35. The van der Waals surface area contributed by atoms with Crippen LogP contribution in [0.5, 0.6) is 0 Å². The summed E-state index contributed by atoms with van der Waals surface area (Å²) in [7, 11) is 1.41. The first-order valence-electron chi connectivity index (χ1n) is 13.0. The minimum absolute atomic E-state index is 0.0601. The number of furan rings is 1. The number of aromatic nitrogens is 3. The molecule has 6 rings (SSSR count). The topological polar surface area (TPSA) is 135 Å². The predicted molar refractivity (Wildman–Crippen MR) is 145 cm³/mol. The molecule has 1 aliphatic carbocycles. The number of hydrogen-bond donors (Lipinski definition) is 3. The van der Waals surface area contributed by atoms with Gasteiger partial charge in [0.2, 0.25) is 12.1 Å². The molecule has 2 aromatic carbocycles. The van der Waals surface area contributed by atoms with Gasteiger partial charge in [-0.1, -0.05) is 17.3 Å². The summed E-state index contributed by atoms with van der Waals surface area (Å²) in [6, 6.07) is 12.9. The molecule has 2 amide bonds. The molecule has 1 aliphatic rings. The molecule has 220 valence electrons. The predicted octanol–water partition coefficient (Wildman–Crippen LogP) is 5.44. The summed E-state index contributed by atoms with van der Waals surface area (Å²) in [4.78, 5) is 34.6. The molecular weight excluding hydrogens is 572 g/mol. The van der Waals surface area contributed by atoms with Crippen molar-refractivity contribution in [3.8, 4) is 22.5 Å². The highest BCUT2D eigenvalue weighted by Gasteiger charge is 2.49. The van der Waals surface area contributed by atoms with Gasteiger partial charge in [0.25, 0.3) is 11.8 Å². The molecule has 0 unspecified atom stereocenters. The fourth-order valence-electron chi connectivity index (χ4n) is 4.75. The second-order valence-electron chi connectivity index (χ2n) is 9.97. The maximum Gasteiger partial charge on any atom is 0.405 e. The zero-order chi connectivity index (χ0) is 30.4. The Labute approximate surface area is 240 Å². The highest BCUT2D eigenvalue weighted by Crippen LogP contribution is 2.44. The van der Waals surface area contributed by atoms with Gasteiger partial charge >= 0.3 is 6.18 Å². The monoisotopic (exact) mass is 594 g/mol. The summed E-state index contributed by atoms with van der Waals surface area (Å²) in [6.07, 6.45) is -2.17. The number of halogens is 4. The van der Waals surface area contributed by atoms with Crippen LogP contribution >= 0.6 is 0 Å². The average Bonchev–Trinajstić information content (AvgIpc) is 3.38. The Bertz CT molecular complexity index is 1830. The van der Waals surface area contributed by atoms with Crippen LogP contribution in [-0.4, -0.2) is 46.7 Å². The van der Waals surface area contributed by atoms with E-state index in [1.54, 1.807) is 18.2 Å². The van der Waals surface area contributed by atoms with E-state index < -0.39 is 35.9 Å². The van der Waals surface area contributed by atoms with Crippen molar-refractivity contribution >= 4 is 28.7 Å². The minimum atomic E-state index is -4.57. The van der Waals surface area contributed by atoms with Crippen molar-refractivity contribution < 1.29 is 36.1 Å². The van der Waals surface area contributed by atoms with Crippen molar-refractivity contribution in [2.24, 2.45) is 0 Å². The number of anilines is 1. The van der Waals surface area contributed by atoms with Crippen LogP contribution in [0.4, 0.5) is 23.4 Å². The molecule has 0 spiro atoms. The largest absolute Gasteiger partial charge is 0.437 e. The van der Waals surface area contributed by atoms with E-state index in [0.717, 1.165) is 0 Å². The number of alkyl halides is 3. The number of nitrogens with zero attached hydrogens (tertiary/aromatic N) is 3. The lowest BCUT2D eigenvalue weighted by atomic mass is 9.99. The lowest BCUT2D eigenvalue weighted by molar-refractivity contribution is -0.115. The van der Waals surface area contributed by atoms with E-state index in [4.69, 9.17) is 8.94 Å². The molecule has 14 heteroatoms. The Morgan fingerprint density at radius 1 is 1.02 bits per heavy atom. The maximum atomic E-state index is 13.6. The number of fused-ring (bicyclic) bond motifs is 1. The summed E-state index contributed by atoms with van der Waals surface area (Å²) in [5.41, 5.74) is 0.306. The van der Waals surface area contributed by atoms with E-state index in [1.807, 2.05) is 0 Å². The van der Waals surface area contributed by atoms with Gasteiger partial charge < -0.3 is 24.9 Å². The van der Waals surface area contributed by atoms with Crippen LogP contribution in [-0.2, 0) is 5.54 Å². The average molecular weight is 595 g/mol. The Morgan fingerprint density at radius 3 is 2.44 bits per heavy atom. The normalized spacial score (nSPS) is 14.0. The Kier molecular flexibility index (Phi) is 6.83. The Morgan fingerprint density at radius 2 is 1.79 bits per heavy atom. The summed E-state index contributed by atoms with van der Waals surface area (Å²) < 4.78 is 64.0. The van der Waals surface area contributed by atoms with E-state index >= 15 is 0 Å². The number of benzene rings is 2. The molecular formula is C29H22F4N6O4. The lowest BCUT2D eigenvalue weighted by Gasteiger charge is -2.15. The van der Waals surface area contributed by atoms with E-state index in [1.165, 1.54) is 49.8 Å². The highest BCUT2D eigenvalue weighted by atomic mass is 19.4. The number of hydrogen-bond acceptors (Lipinski definition) is 8. The number of rotatable bonds is 8. The minimum Gasteiger partial charge on any atom is -0.437 e. The van der Waals surface area contributed by atoms with E-state index in [9.17, 15) is 27.2 Å². The van der Waals surface area contributed by atoms with Crippen LogP contribution in [0.15, 0.2) is 69.9 Å². The highest BCUT2D eigenvalue weighted by molar-refractivity contribution is 6.11. The SMILES string of the molecule is CNC(=O)c1c(-c2ccc(F)cc2)oc2nc(NCC(F)(F)F)c(-c3cccc(C(=O)NC4(c5ncon5)CC4)c3)cc12. The van der Waals surface area contributed by atoms with Crippen molar-refractivity contribution in [2.45, 2.75) is 24.6 Å². The zero-order valence-corrected chi connectivity index (χ0v) is 22.4. The van der Waals surface area contributed by atoms with E-state index in [-0.39, 0.29) is 39.4 Å². The molecule has 0 atom stereocenters. The molecule has 43 heavy (non-hydrogen) atoms. The molecule has 1 fully saturated rings. The molecule has 3 heterocycles. The number of carbonyl (C=O) groups excluding carboxylic acids is 2. The molecule has 10 nitrogen and oxygen atoms in total. The number of nitrogens with one attached hydrogen (secondary N) is 3. The van der Waals surface area contributed by atoms with Crippen molar-refractivity contribution in [3.63, 3.8) is 0 Å². The second kappa shape index (κ2) is 10.5. The van der Waals surface area contributed by atoms with E-state index in [2.05, 4.69) is 31.1 Å². The molecule has 5 aromatic rings. The molecule has 3 aromatic heterocycles. The Balaban J connectivity index is 1.45. The third kappa shape index (κ3) is 5.50. The first-order valence-corrected chi connectivity index (χ1v) is 13.0. The number of pyridine rings is 1. The van der Waals surface area contributed by atoms with Crippen molar-refractivity contribution in [1.29, 1.82) is 0 Å². The second-order valence-corrected chi connectivity index (χ2v) is 9.97. The molecule has 0 aliphatic heterocycles. The molecule has 3 N–H and O–H groups in total. The fourth-order valence-corrected chi connectivity index (χ4v) is 4.75. The van der Waals surface area contributed by atoms with Gasteiger partial charge in [-0.2, -0.15) is 23.1 Å². The van der Waals surface area contributed by atoms with Crippen LogP contribution in [0, 0.1) is 5.82 Å². The standard InChI is InChI=1S/C29H22F4N6O4/c1-34-25(41)21-20-12-19(16-3-2-4-17(11-16)24(40)38-28(9-10-28)27-36-14-42-39-27)23(35-13-29(31,32)33)37-26(20)43-22(21)15-5-7-18(30)8-6-15/h2-8,11-12,14H,9-10,13H2,1H3,(H,34,41)(H,35,37)(H,38,40). The van der Waals surface area contributed by atoms with Crippen LogP contribution in [0.25, 0.3) is 33.6 Å².